The number of hydrogen-bond acceptors (Lipinski definition) is 1. The molecule has 2 rings (SSSR count). The zero-order valence-corrected chi connectivity index (χ0v) is 14.2. The smallest absolute Gasteiger partial charge is 0.0121 e. The van der Waals surface area contributed by atoms with Crippen LogP contribution in [0.1, 0.15) is 84.5 Å². The molecule has 3 unspecified atom stereocenters. The van der Waals surface area contributed by atoms with E-state index < -0.39 is 0 Å². The quantitative estimate of drug-likeness (QED) is 0.686. The maximum absolute atomic E-state index is 3.72. The predicted octanol–water partition coefficient (Wildman–Crippen LogP) is 5.40. The molecule has 0 amide bonds. The summed E-state index contributed by atoms with van der Waals surface area (Å²) in [6.45, 7) is 4.79. The topological polar surface area (TPSA) is 12.0 Å². The number of hydrogen-bond donors (Lipinski definition) is 1. The molecule has 2 aliphatic carbocycles. The van der Waals surface area contributed by atoms with Crippen LogP contribution in [-0.4, -0.2) is 13.1 Å². The van der Waals surface area contributed by atoms with Gasteiger partial charge in [0.25, 0.3) is 0 Å². The van der Waals surface area contributed by atoms with E-state index in [0.717, 1.165) is 29.7 Å². The average molecular weight is 280 g/mol. The maximum atomic E-state index is 3.72. The number of rotatable bonds is 6. The molecule has 118 valence electrons. The Morgan fingerprint density at radius 2 is 1.75 bits per heavy atom. The molecule has 0 radical (unpaired) electrons. The van der Waals surface area contributed by atoms with Crippen LogP contribution in [0, 0.1) is 23.7 Å². The lowest BCUT2D eigenvalue weighted by atomic mass is 9.69. The first-order valence-corrected chi connectivity index (χ1v) is 9.41. The highest BCUT2D eigenvalue weighted by atomic mass is 14.9. The van der Waals surface area contributed by atoms with Gasteiger partial charge in [-0.1, -0.05) is 58.8 Å². The molecule has 0 aromatic rings. The molecular weight excluding hydrogens is 242 g/mol. The van der Waals surface area contributed by atoms with Crippen molar-refractivity contribution in [1.82, 2.24) is 5.32 Å². The monoisotopic (exact) mass is 279 g/mol. The molecule has 0 aromatic carbocycles. The van der Waals surface area contributed by atoms with Gasteiger partial charge in [-0.15, -0.1) is 0 Å². The van der Waals surface area contributed by atoms with E-state index in [1.165, 1.54) is 70.6 Å². The molecule has 2 saturated carbocycles. The summed E-state index contributed by atoms with van der Waals surface area (Å²) in [5, 5.41) is 3.72. The zero-order valence-electron chi connectivity index (χ0n) is 14.2. The number of nitrogens with one attached hydrogen (secondary N) is 1. The fourth-order valence-corrected chi connectivity index (χ4v) is 4.99. The second-order valence-corrected chi connectivity index (χ2v) is 7.77. The Morgan fingerprint density at radius 3 is 2.35 bits per heavy atom. The molecular formula is C19H37N. The van der Waals surface area contributed by atoms with Gasteiger partial charge in [0.2, 0.25) is 0 Å². The van der Waals surface area contributed by atoms with Crippen molar-refractivity contribution in [3.05, 3.63) is 0 Å². The van der Waals surface area contributed by atoms with Gasteiger partial charge in [-0.05, 0) is 56.4 Å². The van der Waals surface area contributed by atoms with E-state index in [1.807, 2.05) is 0 Å². The van der Waals surface area contributed by atoms with Crippen LogP contribution in [0.3, 0.4) is 0 Å². The van der Waals surface area contributed by atoms with E-state index >= 15 is 0 Å². The minimum absolute atomic E-state index is 0.810. The SMILES string of the molecule is CCCCC1CCC(C(NC)C2CCCC(C)C2)CC1. The van der Waals surface area contributed by atoms with Crippen LogP contribution in [-0.2, 0) is 0 Å². The van der Waals surface area contributed by atoms with Crippen LogP contribution in [0.4, 0.5) is 0 Å². The minimum atomic E-state index is 0.810. The van der Waals surface area contributed by atoms with E-state index in [1.54, 1.807) is 0 Å². The first-order valence-electron chi connectivity index (χ1n) is 9.41. The van der Waals surface area contributed by atoms with Crippen molar-refractivity contribution in [3.8, 4) is 0 Å². The molecule has 0 aliphatic heterocycles. The predicted molar refractivity (Wildman–Crippen MR) is 88.9 cm³/mol. The van der Waals surface area contributed by atoms with Gasteiger partial charge in [0.1, 0.15) is 0 Å². The Morgan fingerprint density at radius 1 is 1.00 bits per heavy atom. The zero-order chi connectivity index (χ0) is 14.4. The summed E-state index contributed by atoms with van der Waals surface area (Å²) < 4.78 is 0. The molecule has 0 heterocycles. The Hall–Kier alpha value is -0.0400. The Kier molecular flexibility index (Phi) is 6.87. The normalized spacial score (nSPS) is 36.8. The fourth-order valence-electron chi connectivity index (χ4n) is 4.99. The molecule has 3 atom stereocenters. The van der Waals surface area contributed by atoms with Crippen LogP contribution >= 0.6 is 0 Å². The third-order valence-corrected chi connectivity index (χ3v) is 6.18. The largest absolute Gasteiger partial charge is 0.316 e. The molecule has 0 aromatic heterocycles. The van der Waals surface area contributed by atoms with Crippen molar-refractivity contribution in [3.63, 3.8) is 0 Å². The second kappa shape index (κ2) is 8.41. The van der Waals surface area contributed by atoms with Gasteiger partial charge in [-0.25, -0.2) is 0 Å². The molecule has 1 nitrogen and oxygen atoms in total. The number of unbranched alkanes of at least 4 members (excludes halogenated alkanes) is 1. The third-order valence-electron chi connectivity index (χ3n) is 6.18. The van der Waals surface area contributed by atoms with Crippen LogP contribution < -0.4 is 5.32 Å². The molecule has 2 aliphatic rings. The highest BCUT2D eigenvalue weighted by Gasteiger charge is 2.33. The lowest BCUT2D eigenvalue weighted by Gasteiger charge is -2.40. The highest BCUT2D eigenvalue weighted by molar-refractivity contribution is 4.88. The van der Waals surface area contributed by atoms with E-state index in [4.69, 9.17) is 0 Å². The summed E-state index contributed by atoms with van der Waals surface area (Å²) in [5.74, 6) is 3.94. The van der Waals surface area contributed by atoms with Crippen LogP contribution in [0.2, 0.25) is 0 Å². The van der Waals surface area contributed by atoms with Gasteiger partial charge in [-0.2, -0.15) is 0 Å². The molecule has 0 bridgehead atoms. The van der Waals surface area contributed by atoms with Gasteiger partial charge >= 0.3 is 0 Å². The Balaban J connectivity index is 1.80. The van der Waals surface area contributed by atoms with Crippen molar-refractivity contribution in [1.29, 1.82) is 0 Å². The van der Waals surface area contributed by atoms with Gasteiger partial charge in [-0.3, -0.25) is 0 Å². The molecule has 20 heavy (non-hydrogen) atoms. The van der Waals surface area contributed by atoms with Crippen LogP contribution in [0.15, 0.2) is 0 Å². The maximum Gasteiger partial charge on any atom is 0.0121 e. The Labute approximate surface area is 127 Å². The van der Waals surface area contributed by atoms with E-state index in [-0.39, 0.29) is 0 Å². The standard InChI is InChI=1S/C19H37N/c1-4-5-8-16-10-12-17(13-11-16)19(20-3)18-9-6-7-15(2)14-18/h15-20H,4-14H2,1-3H3. The van der Waals surface area contributed by atoms with Crippen molar-refractivity contribution < 1.29 is 0 Å². The summed E-state index contributed by atoms with van der Waals surface area (Å²) in [6, 6.07) is 0.810. The van der Waals surface area contributed by atoms with Crippen molar-refractivity contribution in [2.45, 2.75) is 90.5 Å². The summed E-state index contributed by atoms with van der Waals surface area (Å²) in [4.78, 5) is 0. The first kappa shape index (κ1) is 16.3. The first-order chi connectivity index (χ1) is 9.74. The summed E-state index contributed by atoms with van der Waals surface area (Å²) in [6.07, 6.45) is 16.2. The van der Waals surface area contributed by atoms with Crippen molar-refractivity contribution in [2.75, 3.05) is 7.05 Å². The lowest BCUT2D eigenvalue weighted by molar-refractivity contribution is 0.139. The Bertz CT molecular complexity index is 254. The minimum Gasteiger partial charge on any atom is -0.316 e. The van der Waals surface area contributed by atoms with E-state index in [0.29, 0.717) is 0 Å². The fraction of sp³-hybridized carbons (Fsp3) is 1.00. The van der Waals surface area contributed by atoms with E-state index in [2.05, 4.69) is 26.2 Å². The van der Waals surface area contributed by atoms with Gasteiger partial charge in [0.05, 0.1) is 0 Å². The highest BCUT2D eigenvalue weighted by Crippen LogP contribution is 2.39. The van der Waals surface area contributed by atoms with Gasteiger partial charge < -0.3 is 5.32 Å². The van der Waals surface area contributed by atoms with Crippen molar-refractivity contribution in [2.24, 2.45) is 23.7 Å². The molecule has 1 heteroatoms. The second-order valence-electron chi connectivity index (χ2n) is 7.77. The average Bonchev–Trinajstić information content (AvgIpc) is 2.47. The summed E-state index contributed by atoms with van der Waals surface area (Å²) in [5.41, 5.74) is 0. The third kappa shape index (κ3) is 4.48. The van der Waals surface area contributed by atoms with E-state index in [9.17, 15) is 0 Å². The van der Waals surface area contributed by atoms with Crippen LogP contribution in [0.5, 0.6) is 0 Å². The molecule has 2 fully saturated rings. The van der Waals surface area contributed by atoms with Gasteiger partial charge in [0.15, 0.2) is 0 Å². The van der Waals surface area contributed by atoms with Crippen molar-refractivity contribution >= 4 is 0 Å². The van der Waals surface area contributed by atoms with Gasteiger partial charge in [0, 0.05) is 6.04 Å². The summed E-state index contributed by atoms with van der Waals surface area (Å²) in [7, 11) is 2.22. The molecule has 0 saturated heterocycles. The molecule has 0 spiro atoms. The molecule has 1 N–H and O–H groups in total. The lowest BCUT2D eigenvalue weighted by Crippen LogP contribution is -2.43. The summed E-state index contributed by atoms with van der Waals surface area (Å²) >= 11 is 0. The van der Waals surface area contributed by atoms with Crippen LogP contribution in [0.25, 0.3) is 0 Å².